The molecule has 0 aliphatic carbocycles. The topological polar surface area (TPSA) is 175 Å². The van der Waals surface area contributed by atoms with Crippen LogP contribution in [0.5, 0.6) is 0 Å². The zero-order chi connectivity index (χ0) is 23.3. The predicted molar refractivity (Wildman–Crippen MR) is 107 cm³/mol. The molecule has 2 saturated heterocycles. The van der Waals surface area contributed by atoms with Crippen molar-refractivity contribution in [2.24, 2.45) is 0 Å². The maximum absolute atomic E-state index is 12.0. The molecule has 6 N–H and O–H groups in total. The zero-order valence-electron chi connectivity index (χ0n) is 17.1. The van der Waals surface area contributed by atoms with Gasteiger partial charge in [-0.25, -0.2) is 4.79 Å². The molecule has 2 heterocycles. The molecule has 0 amide bonds. The fourth-order valence-corrected chi connectivity index (χ4v) is 3.53. The molecule has 178 valence electrons. The van der Waals surface area contributed by atoms with Gasteiger partial charge in [-0.3, -0.25) is 0 Å². The van der Waals surface area contributed by atoms with Crippen molar-refractivity contribution in [3.63, 3.8) is 0 Å². The molecule has 11 heteroatoms. The highest BCUT2D eigenvalue weighted by molar-refractivity contribution is 5.87. The number of carbonyl (C=O) groups is 1. The Balaban J connectivity index is 1.59. The molecule has 0 aromatic heterocycles. The number of hydrogen-bond acceptors (Lipinski definition) is 11. The van der Waals surface area contributed by atoms with E-state index in [1.165, 1.54) is 6.08 Å². The second-order valence-corrected chi connectivity index (χ2v) is 7.65. The van der Waals surface area contributed by atoms with E-state index in [1.54, 1.807) is 18.2 Å². The van der Waals surface area contributed by atoms with Gasteiger partial charge in [0.05, 0.1) is 12.7 Å². The molecule has 1 aromatic rings. The molecule has 0 saturated carbocycles. The Bertz CT molecular complexity index is 772. The van der Waals surface area contributed by atoms with Gasteiger partial charge in [0.25, 0.3) is 0 Å². The van der Waals surface area contributed by atoms with Gasteiger partial charge in [0.1, 0.15) is 43.7 Å². The lowest BCUT2D eigenvalue weighted by molar-refractivity contribution is -0.372. The van der Waals surface area contributed by atoms with Gasteiger partial charge in [0.2, 0.25) is 5.79 Å². The minimum atomic E-state index is -2.17. The van der Waals surface area contributed by atoms with Gasteiger partial charge in [-0.05, 0) is 11.6 Å². The second kappa shape index (κ2) is 10.8. The number of hydrogen-bond donors (Lipinski definition) is 6. The van der Waals surface area contributed by atoms with Crippen molar-refractivity contribution in [2.45, 2.75) is 55.1 Å². The van der Waals surface area contributed by atoms with Crippen LogP contribution in [0.1, 0.15) is 12.0 Å². The minimum absolute atomic E-state index is 0.212. The molecule has 32 heavy (non-hydrogen) atoms. The predicted octanol–water partition coefficient (Wildman–Crippen LogP) is -2.10. The van der Waals surface area contributed by atoms with Crippen LogP contribution in [0.2, 0.25) is 0 Å². The van der Waals surface area contributed by atoms with E-state index in [4.69, 9.17) is 18.9 Å². The first-order valence-electron chi connectivity index (χ1n) is 10.1. The third-order valence-corrected chi connectivity index (χ3v) is 5.36. The third kappa shape index (κ3) is 5.52. The van der Waals surface area contributed by atoms with E-state index >= 15 is 0 Å². The van der Waals surface area contributed by atoms with E-state index in [2.05, 4.69) is 0 Å². The van der Waals surface area contributed by atoms with Gasteiger partial charge in [-0.1, -0.05) is 30.3 Å². The highest BCUT2D eigenvalue weighted by Gasteiger charge is 2.57. The number of rotatable bonds is 8. The number of aliphatic hydroxyl groups is 6. The van der Waals surface area contributed by atoms with E-state index in [-0.39, 0.29) is 13.0 Å². The van der Waals surface area contributed by atoms with Gasteiger partial charge < -0.3 is 49.6 Å². The smallest absolute Gasteiger partial charge is 0.330 e. The van der Waals surface area contributed by atoms with Crippen molar-refractivity contribution >= 4 is 12.0 Å². The van der Waals surface area contributed by atoms with Crippen LogP contribution in [-0.2, 0) is 23.7 Å². The Morgan fingerprint density at radius 2 is 1.81 bits per heavy atom. The fraction of sp³-hybridized carbons (Fsp3) is 0.571. The van der Waals surface area contributed by atoms with Crippen LogP contribution >= 0.6 is 0 Å². The standard InChI is InChI=1S/C21H28O11/c22-9-15-18(27)19(28)21(11-23,31-15)32-20-14(25)8-13(24)16(30-20)10-29-17(26)7-6-12-4-2-1-3-5-12/h1-7,13-16,18-20,22-25,27-28H,8-11H2/b7-6+/t13-,14?,15+,16?,18?,19?,20+,21-/m0/s1. The van der Waals surface area contributed by atoms with E-state index in [0.29, 0.717) is 0 Å². The van der Waals surface area contributed by atoms with Crippen LogP contribution in [0, 0.1) is 0 Å². The lowest BCUT2D eigenvalue weighted by Crippen LogP contribution is -2.57. The Kier molecular flexibility index (Phi) is 8.33. The largest absolute Gasteiger partial charge is 0.460 e. The third-order valence-electron chi connectivity index (χ3n) is 5.36. The average molecular weight is 456 g/mol. The maximum Gasteiger partial charge on any atom is 0.330 e. The number of ether oxygens (including phenoxy) is 4. The first-order valence-corrected chi connectivity index (χ1v) is 10.1. The lowest BCUT2D eigenvalue weighted by Gasteiger charge is -2.41. The minimum Gasteiger partial charge on any atom is -0.460 e. The Morgan fingerprint density at radius 1 is 1.09 bits per heavy atom. The first kappa shape index (κ1) is 24.7. The summed E-state index contributed by atoms with van der Waals surface area (Å²) in [6.45, 7) is -1.92. The highest BCUT2D eigenvalue weighted by atomic mass is 16.8. The summed E-state index contributed by atoms with van der Waals surface area (Å²) in [6.07, 6.45) is -7.09. The van der Waals surface area contributed by atoms with Crippen molar-refractivity contribution in [3.05, 3.63) is 42.0 Å². The SMILES string of the molecule is O=C(/C=C/c1ccccc1)OCC1O[C@H](O[C@]2(CO)O[C@H](CO)C(O)C2O)C(O)C[C@@H]1O. The van der Waals surface area contributed by atoms with E-state index in [9.17, 15) is 35.4 Å². The summed E-state index contributed by atoms with van der Waals surface area (Å²) in [6, 6.07) is 9.07. The molecular weight excluding hydrogens is 428 g/mol. The second-order valence-electron chi connectivity index (χ2n) is 7.65. The molecule has 3 rings (SSSR count). The summed E-state index contributed by atoms with van der Waals surface area (Å²) in [5.41, 5.74) is 0.794. The molecule has 1 aromatic carbocycles. The summed E-state index contributed by atoms with van der Waals surface area (Å²) < 4.78 is 21.4. The summed E-state index contributed by atoms with van der Waals surface area (Å²) in [7, 11) is 0. The first-order chi connectivity index (χ1) is 15.3. The molecule has 0 radical (unpaired) electrons. The van der Waals surface area contributed by atoms with E-state index in [0.717, 1.165) is 5.56 Å². The van der Waals surface area contributed by atoms with Crippen LogP contribution in [0.15, 0.2) is 36.4 Å². The summed E-state index contributed by atoms with van der Waals surface area (Å²) in [5.74, 6) is -2.84. The summed E-state index contributed by atoms with van der Waals surface area (Å²) in [5, 5.41) is 59.6. The molecule has 2 fully saturated rings. The Hall–Kier alpha value is -1.93. The maximum atomic E-state index is 12.0. The normalized spacial score (nSPS) is 37.6. The van der Waals surface area contributed by atoms with Crippen molar-refractivity contribution in [3.8, 4) is 0 Å². The number of benzene rings is 1. The van der Waals surface area contributed by atoms with Crippen molar-refractivity contribution < 1.29 is 54.4 Å². The molecule has 0 spiro atoms. The monoisotopic (exact) mass is 456 g/mol. The van der Waals surface area contributed by atoms with Crippen LogP contribution in [0.3, 0.4) is 0 Å². The van der Waals surface area contributed by atoms with E-state index in [1.807, 2.05) is 18.2 Å². The van der Waals surface area contributed by atoms with Crippen LogP contribution in [-0.4, -0.2) is 105 Å². The molecule has 4 unspecified atom stereocenters. The van der Waals surface area contributed by atoms with Crippen LogP contribution in [0.4, 0.5) is 0 Å². The van der Waals surface area contributed by atoms with Gasteiger partial charge in [0.15, 0.2) is 6.29 Å². The molecule has 11 nitrogen and oxygen atoms in total. The zero-order valence-corrected chi connectivity index (χ0v) is 17.1. The Morgan fingerprint density at radius 3 is 2.44 bits per heavy atom. The number of carbonyl (C=O) groups excluding carboxylic acids is 1. The van der Waals surface area contributed by atoms with Crippen LogP contribution in [0.25, 0.3) is 6.08 Å². The van der Waals surface area contributed by atoms with Crippen molar-refractivity contribution in [2.75, 3.05) is 19.8 Å². The average Bonchev–Trinajstić information content (AvgIpc) is 3.04. The van der Waals surface area contributed by atoms with E-state index < -0.39 is 67.9 Å². The van der Waals surface area contributed by atoms with Crippen molar-refractivity contribution in [1.82, 2.24) is 0 Å². The quantitative estimate of drug-likeness (QED) is 0.187. The highest BCUT2D eigenvalue weighted by Crippen LogP contribution is 2.35. The van der Waals surface area contributed by atoms with Gasteiger partial charge >= 0.3 is 5.97 Å². The van der Waals surface area contributed by atoms with Gasteiger partial charge in [-0.15, -0.1) is 0 Å². The van der Waals surface area contributed by atoms with Crippen LogP contribution < -0.4 is 0 Å². The number of aliphatic hydroxyl groups excluding tert-OH is 6. The molecule has 2 aliphatic rings. The fourth-order valence-electron chi connectivity index (χ4n) is 3.53. The Labute approximate surface area is 184 Å². The molecule has 2 aliphatic heterocycles. The summed E-state index contributed by atoms with van der Waals surface area (Å²) >= 11 is 0. The molecule has 8 atom stereocenters. The van der Waals surface area contributed by atoms with Crippen molar-refractivity contribution in [1.29, 1.82) is 0 Å². The summed E-state index contributed by atoms with van der Waals surface area (Å²) in [4.78, 5) is 12.0. The lowest BCUT2D eigenvalue weighted by atomic mass is 10.0. The van der Waals surface area contributed by atoms with Gasteiger partial charge in [-0.2, -0.15) is 0 Å². The van der Waals surface area contributed by atoms with Gasteiger partial charge in [0, 0.05) is 12.5 Å². The molecular formula is C21H28O11. The number of esters is 1. The molecule has 0 bridgehead atoms.